The summed E-state index contributed by atoms with van der Waals surface area (Å²) in [6.45, 7) is 5.60. The fraction of sp³-hybridized carbons (Fsp3) is 0.619. The van der Waals surface area contributed by atoms with Gasteiger partial charge in [0, 0.05) is 44.1 Å². The van der Waals surface area contributed by atoms with Crippen LogP contribution in [0.3, 0.4) is 0 Å². The molecule has 2 aliphatic rings. The minimum atomic E-state index is -3.82. The van der Waals surface area contributed by atoms with Crippen molar-refractivity contribution in [3.63, 3.8) is 0 Å². The van der Waals surface area contributed by atoms with Crippen molar-refractivity contribution >= 4 is 21.4 Å². The molecule has 0 amide bonds. The number of anilines is 1. The van der Waals surface area contributed by atoms with Gasteiger partial charge in [-0.2, -0.15) is 0 Å². The Balaban J connectivity index is 1.62. The van der Waals surface area contributed by atoms with E-state index in [2.05, 4.69) is 19.5 Å². The van der Waals surface area contributed by atoms with Crippen LogP contribution < -0.4 is 9.62 Å². The van der Waals surface area contributed by atoms with Crippen molar-refractivity contribution in [2.24, 2.45) is 0 Å². The third-order valence-electron chi connectivity index (χ3n) is 6.11. The number of nitro groups is 1. The lowest BCUT2D eigenvalue weighted by Crippen LogP contribution is -2.36. The zero-order valence-corrected chi connectivity index (χ0v) is 19.3. The highest BCUT2D eigenvalue weighted by molar-refractivity contribution is 7.89. The van der Waals surface area contributed by atoms with Crippen molar-refractivity contribution in [3.8, 4) is 0 Å². The normalized spacial score (nSPS) is 19.6. The molecule has 2 aromatic rings. The first-order valence-corrected chi connectivity index (χ1v) is 12.7. The molecule has 0 aliphatic carbocycles. The van der Waals surface area contributed by atoms with Gasteiger partial charge in [-0.25, -0.2) is 13.1 Å². The summed E-state index contributed by atoms with van der Waals surface area (Å²) in [7, 11) is -3.82. The molecule has 4 rings (SSSR count). The highest BCUT2D eigenvalue weighted by atomic mass is 32.2. The molecule has 0 unspecified atom stereocenters. The van der Waals surface area contributed by atoms with E-state index in [0.717, 1.165) is 56.4 Å². The monoisotopic (exact) mass is 462 g/mol. The molecule has 11 heteroatoms. The summed E-state index contributed by atoms with van der Waals surface area (Å²) in [4.78, 5) is 13.2. The molecular weight excluding hydrogens is 432 g/mol. The van der Waals surface area contributed by atoms with Crippen LogP contribution in [0.1, 0.15) is 63.5 Å². The third kappa shape index (κ3) is 4.63. The average Bonchev–Trinajstić information content (AvgIpc) is 3.00. The third-order valence-corrected chi connectivity index (χ3v) is 7.77. The predicted octanol–water partition coefficient (Wildman–Crippen LogP) is 2.98. The Bertz CT molecular complexity index is 1100. The topological polar surface area (TPSA) is 123 Å². The molecule has 1 fully saturated rings. The fourth-order valence-electron chi connectivity index (χ4n) is 4.68. The molecule has 32 heavy (non-hydrogen) atoms. The maximum absolute atomic E-state index is 12.5. The van der Waals surface area contributed by atoms with E-state index in [4.69, 9.17) is 0 Å². The lowest BCUT2D eigenvalue weighted by molar-refractivity contribution is -0.384. The molecule has 1 aromatic carbocycles. The van der Waals surface area contributed by atoms with E-state index in [0.29, 0.717) is 18.8 Å². The standard InChI is InChI=1S/C21H30N6O4S/c1-15(2)24-32(30,31)17-9-10-18(19(13-17)27(28)29)25-11-6-7-16(14-25)21-23-22-20-8-4-3-5-12-26(20)21/h9-10,13,15-16,24H,3-8,11-12,14H2,1-2H3/t16-/m0/s1. The molecule has 0 radical (unpaired) electrons. The Labute approximate surface area is 188 Å². The lowest BCUT2D eigenvalue weighted by atomic mass is 9.96. The van der Waals surface area contributed by atoms with Crippen LogP contribution in [-0.2, 0) is 23.0 Å². The number of piperidine rings is 1. The van der Waals surface area contributed by atoms with Gasteiger partial charge in [-0.3, -0.25) is 10.1 Å². The zero-order chi connectivity index (χ0) is 22.9. The van der Waals surface area contributed by atoms with Gasteiger partial charge in [0.1, 0.15) is 17.3 Å². The number of aryl methyl sites for hydroxylation is 1. The van der Waals surface area contributed by atoms with Crippen LogP contribution in [0.2, 0.25) is 0 Å². The van der Waals surface area contributed by atoms with Crippen molar-refractivity contribution in [1.29, 1.82) is 0 Å². The van der Waals surface area contributed by atoms with E-state index in [9.17, 15) is 18.5 Å². The van der Waals surface area contributed by atoms with Crippen LogP contribution in [0.25, 0.3) is 0 Å². The summed E-state index contributed by atoms with van der Waals surface area (Å²) in [6.07, 6.45) is 6.19. The van der Waals surface area contributed by atoms with E-state index >= 15 is 0 Å². The molecule has 0 saturated carbocycles. The molecule has 1 atom stereocenters. The summed E-state index contributed by atoms with van der Waals surface area (Å²) < 4.78 is 29.7. The Morgan fingerprint density at radius 3 is 2.72 bits per heavy atom. The highest BCUT2D eigenvalue weighted by Gasteiger charge is 2.31. The van der Waals surface area contributed by atoms with E-state index in [1.807, 2.05) is 4.90 Å². The van der Waals surface area contributed by atoms with Crippen LogP contribution in [0.5, 0.6) is 0 Å². The number of hydrogen-bond donors (Lipinski definition) is 1. The first-order chi connectivity index (χ1) is 15.3. The number of fused-ring (bicyclic) bond motifs is 1. The highest BCUT2D eigenvalue weighted by Crippen LogP contribution is 2.36. The molecular formula is C21H30N6O4S. The summed E-state index contributed by atoms with van der Waals surface area (Å²) >= 11 is 0. The maximum Gasteiger partial charge on any atom is 0.293 e. The van der Waals surface area contributed by atoms with Crippen LogP contribution in [0.4, 0.5) is 11.4 Å². The van der Waals surface area contributed by atoms with E-state index in [1.54, 1.807) is 19.9 Å². The van der Waals surface area contributed by atoms with Crippen molar-refractivity contribution < 1.29 is 13.3 Å². The largest absolute Gasteiger partial charge is 0.365 e. The second-order valence-electron chi connectivity index (χ2n) is 8.91. The zero-order valence-electron chi connectivity index (χ0n) is 18.5. The van der Waals surface area contributed by atoms with E-state index in [-0.39, 0.29) is 22.5 Å². The number of nitro benzene ring substituents is 1. The van der Waals surface area contributed by atoms with Gasteiger partial charge >= 0.3 is 0 Å². The van der Waals surface area contributed by atoms with E-state index in [1.165, 1.54) is 12.5 Å². The molecule has 0 spiro atoms. The second kappa shape index (κ2) is 9.14. The minimum Gasteiger partial charge on any atom is -0.365 e. The SMILES string of the molecule is CC(C)NS(=O)(=O)c1ccc(N2CCC[C@H](c3nnc4n3CCCCC4)C2)c([N+](=O)[O-])c1. The molecule has 0 bridgehead atoms. The second-order valence-corrected chi connectivity index (χ2v) is 10.6. The van der Waals surface area contributed by atoms with Crippen LogP contribution in [-0.4, -0.2) is 47.2 Å². The Hall–Kier alpha value is -2.53. The molecule has 174 valence electrons. The number of nitrogens with zero attached hydrogens (tertiary/aromatic N) is 5. The Morgan fingerprint density at radius 1 is 1.16 bits per heavy atom. The van der Waals surface area contributed by atoms with Gasteiger partial charge in [0.2, 0.25) is 10.0 Å². The lowest BCUT2D eigenvalue weighted by Gasteiger charge is -2.33. The first-order valence-electron chi connectivity index (χ1n) is 11.2. The molecule has 3 heterocycles. The van der Waals surface area contributed by atoms with Gasteiger partial charge in [-0.05, 0) is 51.7 Å². The van der Waals surface area contributed by atoms with Crippen molar-refractivity contribution in [3.05, 3.63) is 40.0 Å². The smallest absolute Gasteiger partial charge is 0.293 e. The summed E-state index contributed by atoms with van der Waals surface area (Å²) in [5.41, 5.74) is 0.246. The number of rotatable bonds is 6. The number of hydrogen-bond acceptors (Lipinski definition) is 7. The molecule has 1 saturated heterocycles. The Kier molecular flexibility index (Phi) is 6.47. The van der Waals surface area contributed by atoms with Crippen molar-refractivity contribution in [2.45, 2.75) is 75.8 Å². The van der Waals surface area contributed by atoms with Crippen LogP contribution in [0.15, 0.2) is 23.1 Å². The summed E-state index contributed by atoms with van der Waals surface area (Å²) in [5.74, 6) is 2.14. The number of aromatic nitrogens is 3. The van der Waals surface area contributed by atoms with Gasteiger partial charge in [0.05, 0.1) is 9.82 Å². The Morgan fingerprint density at radius 2 is 1.97 bits per heavy atom. The average molecular weight is 463 g/mol. The van der Waals surface area contributed by atoms with Gasteiger partial charge in [0.25, 0.3) is 5.69 Å². The fourth-order valence-corrected chi connectivity index (χ4v) is 5.95. The summed E-state index contributed by atoms with van der Waals surface area (Å²) in [6, 6.07) is 3.85. The maximum atomic E-state index is 12.5. The predicted molar refractivity (Wildman–Crippen MR) is 120 cm³/mol. The number of benzene rings is 1. The van der Waals surface area contributed by atoms with Gasteiger partial charge in [-0.1, -0.05) is 6.42 Å². The van der Waals surface area contributed by atoms with Crippen molar-refractivity contribution in [1.82, 2.24) is 19.5 Å². The molecule has 1 N–H and O–H groups in total. The number of sulfonamides is 1. The summed E-state index contributed by atoms with van der Waals surface area (Å²) in [5, 5.41) is 20.7. The minimum absolute atomic E-state index is 0.0991. The quantitative estimate of drug-likeness (QED) is 0.517. The van der Waals surface area contributed by atoms with Gasteiger partial charge in [-0.15, -0.1) is 10.2 Å². The molecule has 2 aliphatic heterocycles. The van der Waals surface area contributed by atoms with Crippen LogP contribution in [0, 0.1) is 10.1 Å². The first kappa shape index (κ1) is 22.7. The van der Waals surface area contributed by atoms with Crippen LogP contribution >= 0.6 is 0 Å². The van der Waals surface area contributed by atoms with Crippen molar-refractivity contribution in [2.75, 3.05) is 18.0 Å². The van der Waals surface area contributed by atoms with Gasteiger partial charge < -0.3 is 9.47 Å². The van der Waals surface area contributed by atoms with Gasteiger partial charge in [0.15, 0.2) is 0 Å². The molecule has 1 aromatic heterocycles. The number of nitrogens with one attached hydrogen (secondary N) is 1. The molecule has 10 nitrogen and oxygen atoms in total. The van der Waals surface area contributed by atoms with E-state index < -0.39 is 14.9 Å².